The maximum absolute atomic E-state index is 11.9. The van der Waals surface area contributed by atoms with Crippen molar-refractivity contribution in [3.8, 4) is 0 Å². The molecule has 0 saturated carbocycles. The number of hydrogen-bond acceptors (Lipinski definition) is 3. The standard InChI is InChI=1S/C11H14N2O2/c1-12-9-7-8-5-3-4-6-10(8)13(15-2)11(9)14/h3-6,9,12H,7H2,1-2H3. The van der Waals surface area contributed by atoms with Crippen molar-refractivity contribution in [3.05, 3.63) is 29.8 Å². The molecule has 1 aliphatic rings. The minimum absolute atomic E-state index is 0.0429. The Hall–Kier alpha value is -1.39. The SMILES string of the molecule is CNC1Cc2ccccc2N(OC)C1=O. The third kappa shape index (κ3) is 1.62. The first kappa shape index (κ1) is 10.1. The van der Waals surface area contributed by atoms with Crippen molar-refractivity contribution in [2.24, 2.45) is 0 Å². The number of nitrogens with zero attached hydrogens (tertiary/aromatic N) is 1. The Kier molecular flexibility index (Phi) is 2.70. The highest BCUT2D eigenvalue weighted by atomic mass is 16.7. The molecule has 80 valence electrons. The molecule has 0 aromatic heterocycles. The number of carbonyl (C=O) groups is 1. The van der Waals surface area contributed by atoms with Gasteiger partial charge in [-0.2, -0.15) is 5.06 Å². The number of likely N-dealkylation sites (N-methyl/N-ethyl adjacent to an activating group) is 1. The van der Waals surface area contributed by atoms with Crippen LogP contribution < -0.4 is 10.4 Å². The van der Waals surface area contributed by atoms with Crippen LogP contribution in [0.2, 0.25) is 0 Å². The molecule has 0 fully saturated rings. The third-order valence-corrected chi connectivity index (χ3v) is 2.66. The fraction of sp³-hybridized carbons (Fsp3) is 0.364. The number of fused-ring (bicyclic) bond motifs is 1. The van der Waals surface area contributed by atoms with E-state index in [9.17, 15) is 4.79 Å². The van der Waals surface area contributed by atoms with Crippen LogP contribution in [0.5, 0.6) is 0 Å². The summed E-state index contributed by atoms with van der Waals surface area (Å²) in [5.41, 5.74) is 1.97. The molecule has 2 rings (SSSR count). The van der Waals surface area contributed by atoms with Crippen molar-refractivity contribution in [1.29, 1.82) is 0 Å². The second kappa shape index (κ2) is 4.00. The molecule has 1 amide bonds. The minimum Gasteiger partial charge on any atom is -0.309 e. The predicted molar refractivity (Wildman–Crippen MR) is 57.5 cm³/mol. The minimum atomic E-state index is -0.195. The lowest BCUT2D eigenvalue weighted by Crippen LogP contribution is -2.49. The van der Waals surface area contributed by atoms with Gasteiger partial charge in [-0.15, -0.1) is 0 Å². The Balaban J connectivity index is 2.43. The van der Waals surface area contributed by atoms with E-state index in [4.69, 9.17) is 4.84 Å². The maximum Gasteiger partial charge on any atom is 0.268 e. The number of hydroxylamine groups is 1. The van der Waals surface area contributed by atoms with Crippen molar-refractivity contribution in [2.45, 2.75) is 12.5 Å². The zero-order chi connectivity index (χ0) is 10.8. The summed E-state index contributed by atoms with van der Waals surface area (Å²) < 4.78 is 0. The zero-order valence-electron chi connectivity index (χ0n) is 8.86. The zero-order valence-corrected chi connectivity index (χ0v) is 8.86. The van der Waals surface area contributed by atoms with Gasteiger partial charge in [0, 0.05) is 0 Å². The van der Waals surface area contributed by atoms with E-state index < -0.39 is 0 Å². The van der Waals surface area contributed by atoms with E-state index >= 15 is 0 Å². The molecule has 1 heterocycles. The van der Waals surface area contributed by atoms with E-state index in [2.05, 4.69) is 5.32 Å². The highest BCUT2D eigenvalue weighted by molar-refractivity contribution is 5.98. The van der Waals surface area contributed by atoms with Crippen LogP contribution in [-0.4, -0.2) is 26.1 Å². The van der Waals surface area contributed by atoms with Gasteiger partial charge in [-0.25, -0.2) is 0 Å². The van der Waals surface area contributed by atoms with E-state index in [0.717, 1.165) is 11.3 Å². The summed E-state index contributed by atoms with van der Waals surface area (Å²) in [6.45, 7) is 0. The van der Waals surface area contributed by atoms with E-state index in [0.29, 0.717) is 6.42 Å². The summed E-state index contributed by atoms with van der Waals surface area (Å²) in [5.74, 6) is -0.0429. The van der Waals surface area contributed by atoms with Crippen LogP contribution in [0.3, 0.4) is 0 Å². The number of hydrogen-bond donors (Lipinski definition) is 1. The third-order valence-electron chi connectivity index (χ3n) is 2.66. The molecular weight excluding hydrogens is 192 g/mol. The number of benzene rings is 1. The Labute approximate surface area is 88.8 Å². The summed E-state index contributed by atoms with van der Waals surface area (Å²) in [6, 6.07) is 7.58. The van der Waals surface area contributed by atoms with Crippen molar-refractivity contribution in [1.82, 2.24) is 5.32 Å². The number of carbonyl (C=O) groups excluding carboxylic acids is 1. The van der Waals surface area contributed by atoms with E-state index in [-0.39, 0.29) is 11.9 Å². The normalized spacial score (nSPS) is 20.3. The van der Waals surface area contributed by atoms with Crippen molar-refractivity contribution in [3.63, 3.8) is 0 Å². The number of rotatable bonds is 2. The van der Waals surface area contributed by atoms with Crippen molar-refractivity contribution >= 4 is 11.6 Å². The van der Waals surface area contributed by atoms with Crippen LogP contribution in [0.4, 0.5) is 5.69 Å². The van der Waals surface area contributed by atoms with Gasteiger partial charge in [0.2, 0.25) is 0 Å². The first-order valence-electron chi connectivity index (χ1n) is 4.91. The lowest BCUT2D eigenvalue weighted by Gasteiger charge is -2.31. The molecule has 0 radical (unpaired) electrons. The molecule has 1 N–H and O–H groups in total. The average Bonchev–Trinajstić information content (AvgIpc) is 2.28. The molecule has 1 unspecified atom stereocenters. The summed E-state index contributed by atoms with van der Waals surface area (Å²) >= 11 is 0. The molecule has 1 aromatic rings. The molecule has 1 atom stereocenters. The van der Waals surface area contributed by atoms with E-state index in [1.165, 1.54) is 12.2 Å². The summed E-state index contributed by atoms with van der Waals surface area (Å²) in [7, 11) is 3.29. The molecular formula is C11H14N2O2. The van der Waals surface area contributed by atoms with Crippen LogP contribution in [0.15, 0.2) is 24.3 Å². The van der Waals surface area contributed by atoms with E-state index in [1.807, 2.05) is 24.3 Å². The second-order valence-electron chi connectivity index (χ2n) is 3.49. The molecule has 4 nitrogen and oxygen atoms in total. The summed E-state index contributed by atoms with van der Waals surface area (Å²) in [4.78, 5) is 17.0. The highest BCUT2D eigenvalue weighted by Crippen LogP contribution is 2.27. The van der Waals surface area contributed by atoms with Gasteiger partial charge in [-0.3, -0.25) is 9.63 Å². The van der Waals surface area contributed by atoms with Gasteiger partial charge in [0.05, 0.1) is 18.8 Å². The van der Waals surface area contributed by atoms with Gasteiger partial charge in [-0.05, 0) is 25.1 Å². The fourth-order valence-electron chi connectivity index (χ4n) is 1.86. The van der Waals surface area contributed by atoms with Gasteiger partial charge in [-0.1, -0.05) is 18.2 Å². The highest BCUT2D eigenvalue weighted by Gasteiger charge is 2.31. The maximum atomic E-state index is 11.9. The number of amides is 1. The molecule has 1 aliphatic heterocycles. The number of para-hydroxylation sites is 1. The smallest absolute Gasteiger partial charge is 0.268 e. The number of anilines is 1. The molecule has 0 bridgehead atoms. The molecule has 15 heavy (non-hydrogen) atoms. The Bertz CT molecular complexity index is 379. The van der Waals surface area contributed by atoms with Crippen molar-refractivity contribution < 1.29 is 9.63 Å². The Morgan fingerprint density at radius 3 is 2.87 bits per heavy atom. The average molecular weight is 206 g/mol. The fourth-order valence-corrected chi connectivity index (χ4v) is 1.86. The van der Waals surface area contributed by atoms with Gasteiger partial charge in [0.1, 0.15) is 0 Å². The molecule has 0 aliphatic carbocycles. The van der Waals surface area contributed by atoms with Crippen LogP contribution in [0.25, 0.3) is 0 Å². The Morgan fingerprint density at radius 2 is 2.20 bits per heavy atom. The van der Waals surface area contributed by atoms with Gasteiger partial charge in [0.25, 0.3) is 5.91 Å². The van der Waals surface area contributed by atoms with Gasteiger partial charge in [0.15, 0.2) is 0 Å². The number of nitrogens with one attached hydrogen (secondary N) is 1. The lowest BCUT2D eigenvalue weighted by molar-refractivity contribution is -0.127. The topological polar surface area (TPSA) is 41.6 Å². The summed E-state index contributed by atoms with van der Waals surface area (Å²) in [5, 5.41) is 4.33. The van der Waals surface area contributed by atoms with Crippen LogP contribution in [-0.2, 0) is 16.1 Å². The van der Waals surface area contributed by atoms with Gasteiger partial charge >= 0.3 is 0 Å². The molecule has 4 heteroatoms. The van der Waals surface area contributed by atoms with Crippen LogP contribution in [0.1, 0.15) is 5.56 Å². The van der Waals surface area contributed by atoms with Gasteiger partial charge < -0.3 is 5.32 Å². The van der Waals surface area contributed by atoms with E-state index in [1.54, 1.807) is 7.05 Å². The molecule has 0 saturated heterocycles. The largest absolute Gasteiger partial charge is 0.309 e. The summed E-state index contributed by atoms with van der Waals surface area (Å²) in [6.07, 6.45) is 0.714. The second-order valence-corrected chi connectivity index (χ2v) is 3.49. The monoisotopic (exact) mass is 206 g/mol. The Morgan fingerprint density at radius 1 is 1.47 bits per heavy atom. The molecule has 1 aromatic carbocycles. The first-order valence-corrected chi connectivity index (χ1v) is 4.91. The van der Waals surface area contributed by atoms with Crippen LogP contribution >= 0.6 is 0 Å². The lowest BCUT2D eigenvalue weighted by atomic mass is 9.99. The first-order chi connectivity index (χ1) is 7.27. The van der Waals surface area contributed by atoms with Crippen LogP contribution in [0, 0.1) is 0 Å². The van der Waals surface area contributed by atoms with Crippen molar-refractivity contribution in [2.75, 3.05) is 19.2 Å². The molecule has 0 spiro atoms. The predicted octanol–water partition coefficient (Wildman–Crippen LogP) is 0.725. The quantitative estimate of drug-likeness (QED) is 0.775.